The zero-order valence-corrected chi connectivity index (χ0v) is 11.1. The van der Waals surface area contributed by atoms with Crippen molar-refractivity contribution >= 4 is 17.4 Å². The van der Waals surface area contributed by atoms with Crippen LogP contribution in [0.15, 0.2) is 12.1 Å². The number of rotatable bonds is 3. The van der Waals surface area contributed by atoms with Crippen LogP contribution in [-0.4, -0.2) is 26.6 Å². The van der Waals surface area contributed by atoms with Crippen molar-refractivity contribution < 1.29 is 19.0 Å². The van der Waals surface area contributed by atoms with Crippen molar-refractivity contribution in [2.24, 2.45) is 0 Å². The molecule has 0 aliphatic carbocycles. The van der Waals surface area contributed by atoms with Crippen LogP contribution in [0.25, 0.3) is 0 Å². The fourth-order valence-corrected chi connectivity index (χ4v) is 2.25. The minimum absolute atomic E-state index is 0.196. The van der Waals surface area contributed by atoms with E-state index in [1.54, 1.807) is 26.4 Å². The van der Waals surface area contributed by atoms with E-state index < -0.39 is 0 Å². The number of methoxy groups -OCH3 is 2. The van der Waals surface area contributed by atoms with Crippen molar-refractivity contribution in [3.63, 3.8) is 0 Å². The van der Waals surface area contributed by atoms with E-state index in [4.69, 9.17) is 25.8 Å². The first-order chi connectivity index (χ1) is 8.65. The van der Waals surface area contributed by atoms with Crippen LogP contribution in [0.5, 0.6) is 11.5 Å². The van der Waals surface area contributed by atoms with Gasteiger partial charge in [-0.05, 0) is 6.07 Å². The Labute approximate surface area is 111 Å². The Morgan fingerprint density at radius 1 is 1.28 bits per heavy atom. The summed E-state index contributed by atoms with van der Waals surface area (Å²) in [5.41, 5.74) is 0.798. The maximum Gasteiger partial charge on any atom is 0.138 e. The summed E-state index contributed by atoms with van der Waals surface area (Å²) in [7, 11) is 3.11. The molecule has 98 valence electrons. The summed E-state index contributed by atoms with van der Waals surface area (Å²) in [6.45, 7) is 0.442. The second kappa shape index (κ2) is 5.59. The summed E-state index contributed by atoms with van der Waals surface area (Å²) in [4.78, 5) is 11.5. The molecule has 0 spiro atoms. The zero-order valence-electron chi connectivity index (χ0n) is 10.4. The smallest absolute Gasteiger partial charge is 0.138 e. The highest BCUT2D eigenvalue weighted by atomic mass is 35.5. The Morgan fingerprint density at radius 3 is 2.61 bits per heavy atom. The third-order valence-corrected chi connectivity index (χ3v) is 3.26. The molecule has 1 aromatic carbocycles. The Balaban J connectivity index is 2.38. The molecule has 0 aromatic heterocycles. The van der Waals surface area contributed by atoms with Gasteiger partial charge in [0.05, 0.1) is 32.0 Å². The number of carbonyl (C=O) groups excluding carboxylic acids is 1. The number of hydrogen-bond donors (Lipinski definition) is 0. The molecule has 0 bridgehead atoms. The molecule has 1 aromatic rings. The summed E-state index contributed by atoms with van der Waals surface area (Å²) >= 11 is 6.04. The fourth-order valence-electron chi connectivity index (χ4n) is 2.02. The lowest BCUT2D eigenvalue weighted by Crippen LogP contribution is -2.20. The minimum atomic E-state index is -0.285. The summed E-state index contributed by atoms with van der Waals surface area (Å²) in [6.07, 6.45) is 0.553. The first-order valence-corrected chi connectivity index (χ1v) is 6.08. The standard InChI is InChI=1S/C13H15ClO4/c1-16-11-7-10(14)13(17-2)6-9(11)12-5-8(15)3-4-18-12/h6-7,12H,3-5H2,1-2H3. The number of halogens is 1. The second-order valence-electron chi connectivity index (χ2n) is 4.08. The third-order valence-electron chi connectivity index (χ3n) is 2.96. The van der Waals surface area contributed by atoms with Crippen LogP contribution in [0, 0.1) is 0 Å². The molecule has 1 saturated heterocycles. The number of ether oxygens (including phenoxy) is 3. The van der Waals surface area contributed by atoms with Crippen LogP contribution in [0.2, 0.25) is 5.02 Å². The molecule has 18 heavy (non-hydrogen) atoms. The molecule has 1 aliphatic heterocycles. The molecule has 4 nitrogen and oxygen atoms in total. The lowest BCUT2D eigenvalue weighted by molar-refractivity contribution is -0.128. The summed E-state index contributed by atoms with van der Waals surface area (Å²) < 4.78 is 16.1. The van der Waals surface area contributed by atoms with Gasteiger partial charge in [0.1, 0.15) is 17.3 Å². The highest BCUT2D eigenvalue weighted by Gasteiger charge is 2.25. The van der Waals surface area contributed by atoms with Gasteiger partial charge in [0.15, 0.2) is 0 Å². The number of Topliss-reactive ketones (excluding diaryl/α,β-unsaturated/α-hetero) is 1. The quantitative estimate of drug-likeness (QED) is 0.847. The average Bonchev–Trinajstić information content (AvgIpc) is 2.38. The number of carbonyl (C=O) groups is 1. The molecule has 1 aliphatic rings. The van der Waals surface area contributed by atoms with E-state index in [2.05, 4.69) is 0 Å². The van der Waals surface area contributed by atoms with Gasteiger partial charge in [-0.15, -0.1) is 0 Å². The fraction of sp³-hybridized carbons (Fsp3) is 0.462. The van der Waals surface area contributed by atoms with Crippen molar-refractivity contribution in [1.29, 1.82) is 0 Å². The average molecular weight is 271 g/mol. The predicted molar refractivity (Wildman–Crippen MR) is 67.5 cm³/mol. The molecule has 0 radical (unpaired) electrons. The Hall–Kier alpha value is -1.26. The topological polar surface area (TPSA) is 44.8 Å². The van der Waals surface area contributed by atoms with Crippen LogP contribution < -0.4 is 9.47 Å². The van der Waals surface area contributed by atoms with E-state index in [-0.39, 0.29) is 11.9 Å². The van der Waals surface area contributed by atoms with Crippen LogP contribution in [0.1, 0.15) is 24.5 Å². The van der Waals surface area contributed by atoms with Gasteiger partial charge in [0.25, 0.3) is 0 Å². The third kappa shape index (κ3) is 2.60. The maximum absolute atomic E-state index is 11.5. The van der Waals surface area contributed by atoms with Gasteiger partial charge in [-0.1, -0.05) is 11.6 Å². The van der Waals surface area contributed by atoms with Crippen molar-refractivity contribution in [3.05, 3.63) is 22.7 Å². The second-order valence-corrected chi connectivity index (χ2v) is 4.49. The summed E-state index contributed by atoms with van der Waals surface area (Å²) in [5, 5.41) is 0.472. The largest absolute Gasteiger partial charge is 0.496 e. The first-order valence-electron chi connectivity index (χ1n) is 5.70. The van der Waals surface area contributed by atoms with Gasteiger partial charge < -0.3 is 14.2 Å². The van der Waals surface area contributed by atoms with Gasteiger partial charge in [-0.25, -0.2) is 0 Å². The van der Waals surface area contributed by atoms with Crippen molar-refractivity contribution in [2.45, 2.75) is 18.9 Å². The first kappa shape index (κ1) is 13.2. The van der Waals surface area contributed by atoms with E-state index in [0.717, 1.165) is 5.56 Å². The molecular formula is C13H15ClO4. The van der Waals surface area contributed by atoms with E-state index in [9.17, 15) is 4.79 Å². The van der Waals surface area contributed by atoms with Gasteiger partial charge in [0.2, 0.25) is 0 Å². The normalized spacial score (nSPS) is 19.7. The van der Waals surface area contributed by atoms with Crippen LogP contribution >= 0.6 is 11.6 Å². The number of benzene rings is 1. The molecule has 0 saturated carbocycles. The minimum Gasteiger partial charge on any atom is -0.496 e. The van der Waals surface area contributed by atoms with Crippen LogP contribution in [-0.2, 0) is 9.53 Å². The van der Waals surface area contributed by atoms with Crippen LogP contribution in [0.4, 0.5) is 0 Å². The molecule has 1 heterocycles. The molecule has 1 atom stereocenters. The Morgan fingerprint density at radius 2 is 2.00 bits per heavy atom. The van der Waals surface area contributed by atoms with Gasteiger partial charge in [-0.3, -0.25) is 4.79 Å². The molecule has 5 heteroatoms. The van der Waals surface area contributed by atoms with E-state index in [1.165, 1.54) is 0 Å². The molecule has 2 rings (SSSR count). The Bertz CT molecular complexity index is 459. The highest BCUT2D eigenvalue weighted by Crippen LogP contribution is 2.39. The number of hydrogen-bond acceptors (Lipinski definition) is 4. The van der Waals surface area contributed by atoms with Gasteiger partial charge in [-0.2, -0.15) is 0 Å². The molecule has 0 amide bonds. The van der Waals surface area contributed by atoms with Crippen molar-refractivity contribution in [1.82, 2.24) is 0 Å². The van der Waals surface area contributed by atoms with E-state index in [0.29, 0.717) is 36.0 Å². The van der Waals surface area contributed by atoms with Crippen molar-refractivity contribution in [2.75, 3.05) is 20.8 Å². The lowest BCUT2D eigenvalue weighted by Gasteiger charge is -2.24. The van der Waals surface area contributed by atoms with Crippen molar-refractivity contribution in [3.8, 4) is 11.5 Å². The Kier molecular flexibility index (Phi) is 4.09. The molecular weight excluding hydrogens is 256 g/mol. The molecule has 0 N–H and O–H groups in total. The lowest BCUT2D eigenvalue weighted by atomic mass is 9.99. The van der Waals surface area contributed by atoms with Gasteiger partial charge >= 0.3 is 0 Å². The number of ketones is 1. The van der Waals surface area contributed by atoms with Gasteiger partial charge in [0, 0.05) is 24.5 Å². The summed E-state index contributed by atoms with van der Waals surface area (Å²) in [6, 6.07) is 3.45. The van der Waals surface area contributed by atoms with E-state index in [1.807, 2.05) is 0 Å². The monoisotopic (exact) mass is 270 g/mol. The summed E-state index contributed by atoms with van der Waals surface area (Å²) in [5.74, 6) is 1.36. The van der Waals surface area contributed by atoms with E-state index >= 15 is 0 Å². The molecule has 1 unspecified atom stereocenters. The highest BCUT2D eigenvalue weighted by molar-refractivity contribution is 6.32. The predicted octanol–water partition coefficient (Wildman–Crippen LogP) is 2.78. The molecule has 1 fully saturated rings. The maximum atomic E-state index is 11.5. The van der Waals surface area contributed by atoms with Crippen LogP contribution in [0.3, 0.4) is 0 Å². The SMILES string of the molecule is COc1cc(C2CC(=O)CCO2)c(OC)cc1Cl. The zero-order chi connectivity index (χ0) is 13.1.